The molecule has 2 heterocycles. The smallest absolute Gasteiger partial charge is 0.315 e. The van der Waals surface area contributed by atoms with E-state index in [1.54, 1.807) is 0 Å². The number of thioether (sulfide) groups is 1. The molecule has 0 unspecified atom stereocenters. The van der Waals surface area contributed by atoms with Crippen LogP contribution in [0.4, 0.5) is 4.79 Å². The summed E-state index contributed by atoms with van der Waals surface area (Å²) in [4.78, 5) is 11.0. The Balaban J connectivity index is 2.08. The highest BCUT2D eigenvalue weighted by Gasteiger charge is 2.43. The van der Waals surface area contributed by atoms with E-state index in [-0.39, 0.29) is 6.03 Å². The van der Waals surface area contributed by atoms with Crippen molar-refractivity contribution < 1.29 is 4.79 Å². The van der Waals surface area contributed by atoms with Crippen molar-refractivity contribution in [1.29, 1.82) is 0 Å². The highest BCUT2D eigenvalue weighted by molar-refractivity contribution is 8.00. The van der Waals surface area contributed by atoms with Crippen molar-refractivity contribution in [2.75, 3.05) is 5.75 Å². The van der Waals surface area contributed by atoms with Gasteiger partial charge in [-0.2, -0.15) is 11.8 Å². The van der Waals surface area contributed by atoms with Crippen LogP contribution in [-0.2, 0) is 0 Å². The Labute approximate surface area is 76.7 Å². The minimum absolute atomic E-state index is 0.0101. The molecule has 0 aromatic carbocycles. The molecule has 0 spiro atoms. The van der Waals surface area contributed by atoms with Crippen LogP contribution in [0.5, 0.6) is 0 Å². The maximum atomic E-state index is 11.0. The molecule has 2 amide bonds. The van der Waals surface area contributed by atoms with Crippen molar-refractivity contribution in [2.24, 2.45) is 5.92 Å². The Morgan fingerprint density at radius 1 is 1.50 bits per heavy atom. The Morgan fingerprint density at radius 2 is 2.25 bits per heavy atom. The van der Waals surface area contributed by atoms with E-state index in [0.717, 1.165) is 5.75 Å². The molecule has 3 nitrogen and oxygen atoms in total. The van der Waals surface area contributed by atoms with Gasteiger partial charge in [-0.1, -0.05) is 13.8 Å². The molecule has 2 aliphatic rings. The number of fused-ring (bicyclic) bond motifs is 1. The first-order valence-electron chi connectivity index (χ1n) is 4.37. The van der Waals surface area contributed by atoms with Gasteiger partial charge in [0.05, 0.1) is 12.1 Å². The van der Waals surface area contributed by atoms with E-state index in [0.29, 0.717) is 23.3 Å². The zero-order chi connectivity index (χ0) is 8.72. The van der Waals surface area contributed by atoms with E-state index in [1.165, 1.54) is 0 Å². The minimum Gasteiger partial charge on any atom is -0.332 e. The summed E-state index contributed by atoms with van der Waals surface area (Å²) in [5, 5.41) is 6.50. The van der Waals surface area contributed by atoms with Gasteiger partial charge in [-0.25, -0.2) is 4.79 Å². The summed E-state index contributed by atoms with van der Waals surface area (Å²) in [5.41, 5.74) is 0. The standard InChI is InChI=1S/C8H14N2OS/c1-4(2)7-6-5(3-12-7)9-8(11)10-6/h4-7H,3H2,1-2H3,(H2,9,10,11)/t5-,6-,7-/m0/s1. The molecule has 2 N–H and O–H groups in total. The lowest BCUT2D eigenvalue weighted by atomic mass is 10.00. The number of hydrogen-bond donors (Lipinski definition) is 2. The fraction of sp³-hybridized carbons (Fsp3) is 0.875. The van der Waals surface area contributed by atoms with E-state index in [9.17, 15) is 4.79 Å². The Hall–Kier alpha value is -0.380. The predicted molar refractivity (Wildman–Crippen MR) is 50.3 cm³/mol. The lowest BCUT2D eigenvalue weighted by Gasteiger charge is -2.19. The first kappa shape index (κ1) is 8.23. The predicted octanol–water partition coefficient (Wildman–Crippen LogP) is 0.808. The van der Waals surface area contributed by atoms with Crippen molar-refractivity contribution >= 4 is 17.8 Å². The molecule has 0 aliphatic carbocycles. The molecule has 2 fully saturated rings. The third-order valence-corrected chi connectivity index (χ3v) is 4.30. The molecular weight excluding hydrogens is 172 g/mol. The van der Waals surface area contributed by atoms with Gasteiger partial charge in [-0.05, 0) is 5.92 Å². The van der Waals surface area contributed by atoms with Crippen molar-refractivity contribution in [3.05, 3.63) is 0 Å². The molecule has 0 saturated carbocycles. The molecule has 68 valence electrons. The summed E-state index contributed by atoms with van der Waals surface area (Å²) < 4.78 is 0. The second-order valence-corrected chi connectivity index (χ2v) is 5.00. The number of amides is 2. The van der Waals surface area contributed by atoms with Gasteiger partial charge in [-0.15, -0.1) is 0 Å². The molecule has 2 saturated heterocycles. The Kier molecular flexibility index (Phi) is 1.94. The number of carbonyl (C=O) groups is 1. The fourth-order valence-electron chi connectivity index (χ4n) is 1.93. The van der Waals surface area contributed by atoms with Crippen LogP contribution < -0.4 is 10.6 Å². The van der Waals surface area contributed by atoms with Crippen LogP contribution in [0, 0.1) is 5.92 Å². The van der Waals surface area contributed by atoms with Crippen LogP contribution in [0.25, 0.3) is 0 Å². The molecule has 0 aromatic rings. The monoisotopic (exact) mass is 186 g/mol. The number of carbonyl (C=O) groups excluding carboxylic acids is 1. The topological polar surface area (TPSA) is 41.1 Å². The van der Waals surface area contributed by atoms with Gasteiger partial charge in [0.15, 0.2) is 0 Å². The molecule has 2 rings (SSSR count). The van der Waals surface area contributed by atoms with E-state index < -0.39 is 0 Å². The van der Waals surface area contributed by atoms with Crippen LogP contribution in [0.2, 0.25) is 0 Å². The quantitative estimate of drug-likeness (QED) is 0.595. The van der Waals surface area contributed by atoms with Gasteiger partial charge >= 0.3 is 6.03 Å². The highest BCUT2D eigenvalue weighted by atomic mass is 32.2. The molecule has 0 aromatic heterocycles. The van der Waals surface area contributed by atoms with E-state index in [1.807, 2.05) is 11.8 Å². The Morgan fingerprint density at radius 3 is 2.92 bits per heavy atom. The van der Waals surface area contributed by atoms with Crippen LogP contribution >= 0.6 is 11.8 Å². The van der Waals surface area contributed by atoms with Crippen LogP contribution in [-0.4, -0.2) is 29.1 Å². The van der Waals surface area contributed by atoms with Crippen molar-refractivity contribution in [2.45, 2.75) is 31.2 Å². The molecule has 2 aliphatic heterocycles. The van der Waals surface area contributed by atoms with Crippen LogP contribution in [0.3, 0.4) is 0 Å². The largest absolute Gasteiger partial charge is 0.332 e. The SMILES string of the molecule is CC(C)[C@@H]1SC[C@@H]2NC(=O)N[C@@H]21. The summed E-state index contributed by atoms with van der Waals surface area (Å²) in [6.07, 6.45) is 0. The summed E-state index contributed by atoms with van der Waals surface area (Å²) in [7, 11) is 0. The van der Waals surface area contributed by atoms with Gasteiger partial charge in [-0.3, -0.25) is 0 Å². The third-order valence-electron chi connectivity index (χ3n) is 2.53. The lowest BCUT2D eigenvalue weighted by Crippen LogP contribution is -2.39. The third kappa shape index (κ3) is 1.18. The summed E-state index contributed by atoms with van der Waals surface area (Å²) in [5.74, 6) is 1.71. The maximum Gasteiger partial charge on any atom is 0.315 e. The normalized spacial score (nSPS) is 39.6. The lowest BCUT2D eigenvalue weighted by molar-refractivity contribution is 0.246. The van der Waals surface area contributed by atoms with E-state index in [4.69, 9.17) is 0 Å². The number of rotatable bonds is 1. The number of urea groups is 1. The molecular formula is C8H14N2OS. The van der Waals surface area contributed by atoms with Crippen molar-refractivity contribution in [3.8, 4) is 0 Å². The molecule has 12 heavy (non-hydrogen) atoms. The highest BCUT2D eigenvalue weighted by Crippen LogP contribution is 2.34. The zero-order valence-electron chi connectivity index (χ0n) is 7.33. The first-order chi connectivity index (χ1) is 5.68. The molecule has 0 radical (unpaired) electrons. The maximum absolute atomic E-state index is 11.0. The molecule has 0 bridgehead atoms. The van der Waals surface area contributed by atoms with Gasteiger partial charge in [0.2, 0.25) is 0 Å². The van der Waals surface area contributed by atoms with Crippen molar-refractivity contribution in [3.63, 3.8) is 0 Å². The van der Waals surface area contributed by atoms with Crippen LogP contribution in [0.15, 0.2) is 0 Å². The van der Waals surface area contributed by atoms with Gasteiger partial charge < -0.3 is 10.6 Å². The molecule has 3 atom stereocenters. The minimum atomic E-state index is 0.0101. The van der Waals surface area contributed by atoms with Crippen LogP contribution in [0.1, 0.15) is 13.8 Å². The van der Waals surface area contributed by atoms with E-state index in [2.05, 4.69) is 24.5 Å². The zero-order valence-corrected chi connectivity index (χ0v) is 8.15. The summed E-state index contributed by atoms with van der Waals surface area (Å²) in [6.45, 7) is 4.43. The second kappa shape index (κ2) is 2.83. The van der Waals surface area contributed by atoms with Gasteiger partial charge in [0.1, 0.15) is 0 Å². The average Bonchev–Trinajstić information content (AvgIpc) is 2.43. The number of nitrogens with one attached hydrogen (secondary N) is 2. The fourth-order valence-corrected chi connectivity index (χ4v) is 3.50. The van der Waals surface area contributed by atoms with Crippen molar-refractivity contribution in [1.82, 2.24) is 10.6 Å². The summed E-state index contributed by atoms with van der Waals surface area (Å²) in [6, 6.07) is 0.744. The second-order valence-electron chi connectivity index (χ2n) is 3.79. The van der Waals surface area contributed by atoms with E-state index >= 15 is 0 Å². The molecule has 4 heteroatoms. The number of hydrogen-bond acceptors (Lipinski definition) is 2. The average molecular weight is 186 g/mol. The van der Waals surface area contributed by atoms with Gasteiger partial charge in [0.25, 0.3) is 0 Å². The first-order valence-corrected chi connectivity index (χ1v) is 5.42. The Bertz CT molecular complexity index is 207. The van der Waals surface area contributed by atoms with Gasteiger partial charge in [0, 0.05) is 11.0 Å². The summed E-state index contributed by atoms with van der Waals surface area (Å²) >= 11 is 1.97.